The number of piperidine rings is 1. The minimum Gasteiger partial charge on any atom is -0.490 e. The molecule has 0 amide bonds. The second-order valence-corrected chi connectivity index (χ2v) is 12.0. The zero-order valence-electron chi connectivity index (χ0n) is 21.6. The van der Waals surface area contributed by atoms with Crippen LogP contribution >= 0.6 is 0 Å². The molecule has 0 atom stereocenters. The highest BCUT2D eigenvalue weighted by molar-refractivity contribution is 7.92. The summed E-state index contributed by atoms with van der Waals surface area (Å²) in [6.45, 7) is 6.90. The normalized spacial score (nSPS) is 18.3. The highest BCUT2D eigenvalue weighted by atomic mass is 32.2. The summed E-state index contributed by atoms with van der Waals surface area (Å²) in [4.78, 5) is 8.79. The molecule has 9 nitrogen and oxygen atoms in total. The second-order valence-electron chi connectivity index (χ2n) is 10.2. The van der Waals surface area contributed by atoms with Crippen LogP contribution in [-0.4, -0.2) is 68.8 Å². The molecule has 0 radical (unpaired) electrons. The summed E-state index contributed by atoms with van der Waals surface area (Å²) in [5, 5.41) is 7.75. The molecule has 1 saturated carbocycles. The van der Waals surface area contributed by atoms with E-state index in [9.17, 15) is 8.42 Å². The van der Waals surface area contributed by atoms with Crippen LogP contribution in [-0.2, 0) is 23.0 Å². The first-order valence-corrected chi connectivity index (χ1v) is 14.7. The lowest BCUT2D eigenvalue weighted by atomic mass is 9.99. The van der Waals surface area contributed by atoms with Gasteiger partial charge < -0.3 is 20.3 Å². The van der Waals surface area contributed by atoms with E-state index < -0.39 is 10.0 Å². The summed E-state index contributed by atoms with van der Waals surface area (Å²) in [5.74, 6) is 0.689. The fraction of sp³-hybridized carbons (Fsp3) is 0.429. The van der Waals surface area contributed by atoms with Gasteiger partial charge in [-0.25, -0.2) is 8.42 Å². The molecule has 202 valence electrons. The van der Waals surface area contributed by atoms with Gasteiger partial charge in [-0.2, -0.15) is 0 Å². The average molecular weight is 537 g/mol. The van der Waals surface area contributed by atoms with Gasteiger partial charge in [0.25, 0.3) is 10.0 Å². The smallest absolute Gasteiger partial charge is 0.264 e. The molecule has 1 saturated heterocycles. The van der Waals surface area contributed by atoms with E-state index in [0.29, 0.717) is 30.6 Å². The number of rotatable bonds is 9. The molecule has 10 heteroatoms. The van der Waals surface area contributed by atoms with E-state index in [-0.39, 0.29) is 23.5 Å². The van der Waals surface area contributed by atoms with E-state index in [1.165, 1.54) is 17.1 Å². The minimum absolute atomic E-state index is 0.0203. The van der Waals surface area contributed by atoms with Gasteiger partial charge in [-0.1, -0.05) is 12.1 Å². The van der Waals surface area contributed by atoms with Crippen LogP contribution in [0.4, 0.5) is 5.69 Å². The number of benzene rings is 2. The molecule has 0 bridgehead atoms. The summed E-state index contributed by atoms with van der Waals surface area (Å²) < 4.78 is 34.9. The highest BCUT2D eigenvalue weighted by Gasteiger charge is 2.27. The zero-order chi connectivity index (χ0) is 26.7. The first kappa shape index (κ1) is 26.1. The van der Waals surface area contributed by atoms with Crippen molar-refractivity contribution >= 4 is 28.0 Å². The third-order valence-electron chi connectivity index (χ3n) is 7.30. The van der Waals surface area contributed by atoms with E-state index in [0.717, 1.165) is 43.5 Å². The monoisotopic (exact) mass is 536 g/mol. The quantitative estimate of drug-likeness (QED) is 0.289. The van der Waals surface area contributed by atoms with Crippen LogP contribution in [0.15, 0.2) is 65.0 Å². The van der Waals surface area contributed by atoms with Crippen LogP contribution in [0, 0.1) is 5.41 Å². The molecular weight excluding hydrogens is 500 g/mol. The summed E-state index contributed by atoms with van der Waals surface area (Å²) in [6, 6.07) is 12.9. The Morgan fingerprint density at radius 2 is 1.84 bits per heavy atom. The van der Waals surface area contributed by atoms with Gasteiger partial charge in [-0.15, -0.1) is 6.58 Å². The van der Waals surface area contributed by atoms with Gasteiger partial charge in [-0.05, 0) is 66.8 Å². The van der Waals surface area contributed by atoms with Gasteiger partial charge in [-0.3, -0.25) is 14.7 Å². The van der Waals surface area contributed by atoms with Crippen molar-refractivity contribution in [3.05, 3.63) is 66.2 Å². The lowest BCUT2D eigenvalue weighted by molar-refractivity contribution is 0.132. The van der Waals surface area contributed by atoms with Crippen LogP contribution in [0.5, 0.6) is 5.75 Å². The van der Waals surface area contributed by atoms with Crippen molar-refractivity contribution in [2.45, 2.75) is 55.7 Å². The second kappa shape index (κ2) is 11.1. The molecule has 3 aliphatic rings. The maximum Gasteiger partial charge on any atom is 0.264 e. The molecular formula is C28H36N6O3S. The van der Waals surface area contributed by atoms with Crippen LogP contribution < -0.4 is 14.8 Å². The number of guanidine groups is 1. The Hall–Kier alpha value is -3.53. The Bertz CT molecular complexity index is 1300. The van der Waals surface area contributed by atoms with Crippen LogP contribution in [0.2, 0.25) is 0 Å². The van der Waals surface area contributed by atoms with E-state index in [4.69, 9.17) is 15.9 Å². The van der Waals surface area contributed by atoms with E-state index in [1.807, 2.05) is 24.5 Å². The van der Waals surface area contributed by atoms with Gasteiger partial charge >= 0.3 is 0 Å². The summed E-state index contributed by atoms with van der Waals surface area (Å²) in [5.41, 5.74) is 8.37. The number of ether oxygens (including phenoxy) is 1. The summed E-state index contributed by atoms with van der Waals surface area (Å²) in [6.07, 6.45) is 8.67. The molecule has 2 aromatic rings. The van der Waals surface area contributed by atoms with Gasteiger partial charge in [0.05, 0.1) is 29.5 Å². The molecule has 1 aliphatic carbocycles. The van der Waals surface area contributed by atoms with Crippen LogP contribution in [0.25, 0.3) is 0 Å². The summed E-state index contributed by atoms with van der Waals surface area (Å²) >= 11 is 0. The number of hydrogen-bond acceptors (Lipinski definition) is 5. The Morgan fingerprint density at radius 3 is 2.50 bits per heavy atom. The Labute approximate surface area is 225 Å². The zero-order valence-corrected chi connectivity index (χ0v) is 22.4. The largest absolute Gasteiger partial charge is 0.490 e. The van der Waals surface area contributed by atoms with Gasteiger partial charge in [0, 0.05) is 39.0 Å². The highest BCUT2D eigenvalue weighted by Crippen LogP contribution is 2.30. The topological polar surface area (TPSA) is 115 Å². The number of likely N-dealkylation sites (tertiary alicyclic amines) is 1. The van der Waals surface area contributed by atoms with Crippen molar-refractivity contribution < 1.29 is 13.2 Å². The fourth-order valence-electron chi connectivity index (χ4n) is 4.89. The van der Waals surface area contributed by atoms with Crippen LogP contribution in [0.3, 0.4) is 0 Å². The molecule has 0 spiro atoms. The number of nitrogens with one attached hydrogen (secondary N) is 1. The molecule has 2 aromatic carbocycles. The fourth-order valence-corrected chi connectivity index (χ4v) is 6.32. The third-order valence-corrected chi connectivity index (χ3v) is 9.11. The lowest BCUT2D eigenvalue weighted by Crippen LogP contribution is -2.40. The maximum absolute atomic E-state index is 13.7. The number of nitrogens with two attached hydrogens (primary N) is 1. The molecule has 0 unspecified atom stereocenters. The first-order valence-electron chi connectivity index (χ1n) is 13.2. The van der Waals surface area contributed by atoms with E-state index in [1.54, 1.807) is 35.2 Å². The number of nitrogens with zero attached hydrogens (tertiary/aromatic N) is 4. The molecule has 2 heterocycles. The molecule has 2 aliphatic heterocycles. The standard InChI is InChI=1S/C28H36N6O3S/c1-2-14-34(24-6-3-21-11-17-33(28(29)30)19-22(21)18-24)38(35,36)27-9-7-25(8-10-27)37-26-12-15-32(16-13-26)20-31-23-4-5-23/h2-3,6-10,18,20,23,26H,1,4-5,11-17,19H2,(H3,29,30). The van der Waals surface area contributed by atoms with Gasteiger partial charge in [0.15, 0.2) is 5.96 Å². The van der Waals surface area contributed by atoms with Crippen molar-refractivity contribution in [1.29, 1.82) is 5.41 Å². The van der Waals surface area contributed by atoms with Gasteiger partial charge in [0.1, 0.15) is 11.9 Å². The Balaban J connectivity index is 1.26. The van der Waals surface area contributed by atoms with Crippen molar-refractivity contribution in [1.82, 2.24) is 9.80 Å². The number of aliphatic imine (C=N–C) groups is 1. The van der Waals surface area contributed by atoms with Gasteiger partial charge in [0.2, 0.25) is 0 Å². The SMILES string of the molecule is C=CCN(c1ccc2c(c1)CN(C(=N)N)CC2)S(=O)(=O)c1ccc(OC2CCN(C=NC3CC3)CC2)cc1. The molecule has 38 heavy (non-hydrogen) atoms. The van der Waals surface area contributed by atoms with E-state index in [2.05, 4.69) is 16.5 Å². The number of sulfonamides is 1. The number of anilines is 1. The third kappa shape index (κ3) is 5.96. The van der Waals surface area contributed by atoms with Crippen molar-refractivity contribution in [3.8, 4) is 5.75 Å². The first-order chi connectivity index (χ1) is 18.3. The van der Waals surface area contributed by atoms with Crippen molar-refractivity contribution in [2.75, 3.05) is 30.5 Å². The number of hydrogen-bond donors (Lipinski definition) is 2. The Morgan fingerprint density at radius 1 is 1.11 bits per heavy atom. The van der Waals surface area contributed by atoms with Crippen molar-refractivity contribution in [2.24, 2.45) is 10.7 Å². The average Bonchev–Trinajstić information content (AvgIpc) is 3.75. The van der Waals surface area contributed by atoms with E-state index >= 15 is 0 Å². The number of fused-ring (bicyclic) bond motifs is 1. The molecule has 3 N–H and O–H groups in total. The lowest BCUT2D eigenvalue weighted by Gasteiger charge is -2.31. The predicted octanol–water partition coefficient (Wildman–Crippen LogP) is 3.35. The Kier molecular flexibility index (Phi) is 7.60. The summed E-state index contributed by atoms with van der Waals surface area (Å²) in [7, 11) is -3.83. The molecule has 5 rings (SSSR count). The maximum atomic E-state index is 13.7. The van der Waals surface area contributed by atoms with Crippen LogP contribution in [0.1, 0.15) is 36.8 Å². The molecule has 0 aromatic heterocycles. The minimum atomic E-state index is -3.83. The van der Waals surface area contributed by atoms with Crippen molar-refractivity contribution in [3.63, 3.8) is 0 Å². The predicted molar refractivity (Wildman–Crippen MR) is 150 cm³/mol. The molecule has 2 fully saturated rings.